The minimum atomic E-state index is 0.566. The van der Waals surface area contributed by atoms with Crippen molar-refractivity contribution in [1.82, 2.24) is 10.7 Å². The lowest BCUT2D eigenvalue weighted by Gasteiger charge is -2.14. The molecule has 1 aliphatic rings. The monoisotopic (exact) mass is 226 g/mol. The zero-order valence-electron chi connectivity index (χ0n) is 10.8. The van der Waals surface area contributed by atoms with Gasteiger partial charge in [0, 0.05) is 13.1 Å². The molecule has 0 radical (unpaired) electrons. The van der Waals surface area contributed by atoms with Crippen LogP contribution >= 0.6 is 0 Å². The molecule has 94 valence electrons. The van der Waals surface area contributed by atoms with Crippen molar-refractivity contribution >= 4 is 5.96 Å². The zero-order valence-corrected chi connectivity index (χ0v) is 10.8. The van der Waals surface area contributed by atoms with Crippen LogP contribution in [0.1, 0.15) is 40.0 Å². The molecule has 4 nitrogen and oxygen atoms in total. The van der Waals surface area contributed by atoms with Crippen LogP contribution in [0.3, 0.4) is 0 Å². The summed E-state index contributed by atoms with van der Waals surface area (Å²) in [4.78, 5) is 4.39. The maximum atomic E-state index is 5.43. The Balaban J connectivity index is 2.25. The van der Waals surface area contributed by atoms with Crippen LogP contribution in [-0.2, 0) is 0 Å². The highest BCUT2D eigenvalue weighted by molar-refractivity contribution is 5.79. The van der Waals surface area contributed by atoms with E-state index in [0.717, 1.165) is 30.9 Å². The predicted molar refractivity (Wildman–Crippen MR) is 69.0 cm³/mol. The number of aliphatic imine (C=N–C) groups is 1. The number of nitrogens with two attached hydrogens (primary N) is 1. The Bertz CT molecular complexity index is 225. The number of hydrogen-bond acceptors (Lipinski definition) is 2. The quantitative estimate of drug-likeness (QED) is 0.294. The second-order valence-corrected chi connectivity index (χ2v) is 5.39. The van der Waals surface area contributed by atoms with Crippen LogP contribution < -0.4 is 16.6 Å². The van der Waals surface area contributed by atoms with Gasteiger partial charge in [0.2, 0.25) is 5.96 Å². The van der Waals surface area contributed by atoms with Gasteiger partial charge in [-0.1, -0.05) is 27.2 Å². The molecule has 1 aliphatic carbocycles. The third kappa shape index (κ3) is 4.84. The predicted octanol–water partition coefficient (Wildman–Crippen LogP) is 1.49. The smallest absolute Gasteiger partial charge is 0.205 e. The number of guanidine groups is 1. The molecule has 0 aromatic rings. The Hall–Kier alpha value is -0.770. The molecule has 0 aromatic carbocycles. The van der Waals surface area contributed by atoms with Gasteiger partial charge in [0.25, 0.3) is 0 Å². The molecule has 0 heterocycles. The number of nitrogens with zero attached hydrogens (tertiary/aromatic N) is 1. The molecule has 16 heavy (non-hydrogen) atoms. The van der Waals surface area contributed by atoms with E-state index in [2.05, 4.69) is 36.5 Å². The summed E-state index contributed by atoms with van der Waals surface area (Å²) >= 11 is 0. The third-order valence-corrected chi connectivity index (χ3v) is 3.11. The van der Waals surface area contributed by atoms with E-state index < -0.39 is 0 Å². The highest BCUT2D eigenvalue weighted by atomic mass is 15.3. The van der Waals surface area contributed by atoms with Crippen molar-refractivity contribution < 1.29 is 0 Å². The molecule has 1 rings (SSSR count). The van der Waals surface area contributed by atoms with Gasteiger partial charge >= 0.3 is 0 Å². The van der Waals surface area contributed by atoms with Gasteiger partial charge in [-0.05, 0) is 30.6 Å². The van der Waals surface area contributed by atoms with Crippen molar-refractivity contribution in [3.8, 4) is 0 Å². The van der Waals surface area contributed by atoms with Gasteiger partial charge in [-0.25, -0.2) is 5.84 Å². The lowest BCUT2D eigenvalue weighted by atomic mass is 10.1. The lowest BCUT2D eigenvalue weighted by Crippen LogP contribution is -2.43. The van der Waals surface area contributed by atoms with Gasteiger partial charge in [-0.2, -0.15) is 0 Å². The van der Waals surface area contributed by atoms with Crippen LogP contribution in [0.25, 0.3) is 0 Å². The van der Waals surface area contributed by atoms with Crippen LogP contribution in [0.2, 0.25) is 0 Å². The molecule has 1 fully saturated rings. The Labute approximate surface area is 99.1 Å². The van der Waals surface area contributed by atoms with E-state index in [9.17, 15) is 0 Å². The highest BCUT2D eigenvalue weighted by Gasteiger charge is 2.20. The molecule has 0 saturated heterocycles. The van der Waals surface area contributed by atoms with Gasteiger partial charge in [0.1, 0.15) is 0 Å². The standard InChI is InChI=1S/C12H26N4/c1-9(2)7-14-12(16-13)15-8-11-5-4-10(3)6-11/h9-11H,4-8,13H2,1-3H3,(H2,14,15,16). The first-order valence-corrected chi connectivity index (χ1v) is 6.36. The SMILES string of the molecule is CC(C)CN=C(NN)NCC1CCC(C)C1. The van der Waals surface area contributed by atoms with E-state index in [1.54, 1.807) is 0 Å². The number of hydrogen-bond donors (Lipinski definition) is 3. The average molecular weight is 226 g/mol. The fraction of sp³-hybridized carbons (Fsp3) is 0.917. The molecule has 2 atom stereocenters. The summed E-state index contributed by atoms with van der Waals surface area (Å²) in [7, 11) is 0. The molecule has 0 aromatic heterocycles. The lowest BCUT2D eigenvalue weighted by molar-refractivity contribution is 0.503. The molecular weight excluding hydrogens is 200 g/mol. The summed E-state index contributed by atoms with van der Waals surface area (Å²) in [5.41, 5.74) is 2.63. The topological polar surface area (TPSA) is 62.4 Å². The fourth-order valence-electron chi connectivity index (χ4n) is 2.18. The number of nitrogens with one attached hydrogen (secondary N) is 2. The maximum absolute atomic E-state index is 5.43. The summed E-state index contributed by atoms with van der Waals surface area (Å²) in [6.07, 6.45) is 4.02. The second-order valence-electron chi connectivity index (χ2n) is 5.39. The van der Waals surface area contributed by atoms with E-state index in [-0.39, 0.29) is 0 Å². The van der Waals surface area contributed by atoms with Crippen LogP contribution in [0.4, 0.5) is 0 Å². The van der Waals surface area contributed by atoms with Crippen molar-refractivity contribution in [3.63, 3.8) is 0 Å². The molecule has 0 amide bonds. The first-order valence-electron chi connectivity index (χ1n) is 6.36. The molecule has 0 spiro atoms. The van der Waals surface area contributed by atoms with Crippen molar-refractivity contribution in [1.29, 1.82) is 0 Å². The molecule has 2 unspecified atom stereocenters. The van der Waals surface area contributed by atoms with E-state index in [0.29, 0.717) is 5.92 Å². The van der Waals surface area contributed by atoms with E-state index in [4.69, 9.17) is 5.84 Å². The summed E-state index contributed by atoms with van der Waals surface area (Å²) in [5.74, 6) is 8.39. The molecule has 4 N–H and O–H groups in total. The van der Waals surface area contributed by atoms with Crippen LogP contribution in [-0.4, -0.2) is 19.0 Å². The summed E-state index contributed by atoms with van der Waals surface area (Å²) in [6.45, 7) is 8.43. The Morgan fingerprint density at radius 3 is 2.69 bits per heavy atom. The minimum Gasteiger partial charge on any atom is -0.355 e. The molecular formula is C12H26N4. The molecule has 4 heteroatoms. The fourth-order valence-corrected chi connectivity index (χ4v) is 2.18. The van der Waals surface area contributed by atoms with Crippen molar-refractivity contribution in [2.45, 2.75) is 40.0 Å². The maximum Gasteiger partial charge on any atom is 0.205 e. The van der Waals surface area contributed by atoms with Gasteiger partial charge in [0.05, 0.1) is 0 Å². The van der Waals surface area contributed by atoms with Crippen molar-refractivity contribution in [3.05, 3.63) is 0 Å². The summed E-state index contributed by atoms with van der Waals surface area (Å²) in [6, 6.07) is 0. The molecule has 1 saturated carbocycles. The number of rotatable bonds is 4. The van der Waals surface area contributed by atoms with Crippen molar-refractivity contribution in [2.24, 2.45) is 28.6 Å². The minimum absolute atomic E-state index is 0.566. The van der Waals surface area contributed by atoms with Gasteiger partial charge in [0.15, 0.2) is 0 Å². The van der Waals surface area contributed by atoms with Crippen LogP contribution in [0, 0.1) is 17.8 Å². The van der Waals surface area contributed by atoms with Crippen LogP contribution in [0.15, 0.2) is 4.99 Å². The normalized spacial score (nSPS) is 26.2. The largest absolute Gasteiger partial charge is 0.355 e. The number of hydrazine groups is 1. The van der Waals surface area contributed by atoms with E-state index in [1.807, 2.05) is 0 Å². The first kappa shape index (κ1) is 13.3. The average Bonchev–Trinajstić information content (AvgIpc) is 2.64. The van der Waals surface area contributed by atoms with Gasteiger partial charge in [-0.3, -0.25) is 10.4 Å². The summed E-state index contributed by atoms with van der Waals surface area (Å²) in [5, 5.41) is 3.30. The van der Waals surface area contributed by atoms with Crippen molar-refractivity contribution in [2.75, 3.05) is 13.1 Å². The van der Waals surface area contributed by atoms with Crippen LogP contribution in [0.5, 0.6) is 0 Å². The molecule has 0 aliphatic heterocycles. The zero-order chi connectivity index (χ0) is 12.0. The van der Waals surface area contributed by atoms with Gasteiger partial charge < -0.3 is 5.32 Å². The Morgan fingerprint density at radius 1 is 1.44 bits per heavy atom. The van der Waals surface area contributed by atoms with E-state index in [1.165, 1.54) is 19.3 Å². The summed E-state index contributed by atoms with van der Waals surface area (Å²) < 4.78 is 0. The third-order valence-electron chi connectivity index (χ3n) is 3.11. The van der Waals surface area contributed by atoms with E-state index >= 15 is 0 Å². The Morgan fingerprint density at radius 2 is 2.19 bits per heavy atom. The Kier molecular flexibility index (Phi) is 5.60. The second kappa shape index (κ2) is 6.74. The highest BCUT2D eigenvalue weighted by Crippen LogP contribution is 2.29. The molecule has 0 bridgehead atoms. The van der Waals surface area contributed by atoms with Gasteiger partial charge in [-0.15, -0.1) is 0 Å². The first-order chi connectivity index (χ1) is 7.61.